The Labute approximate surface area is 129 Å². The Hall–Kier alpha value is -2.97. The van der Waals surface area contributed by atoms with Crippen molar-refractivity contribution in [2.24, 2.45) is 0 Å². The van der Waals surface area contributed by atoms with E-state index in [4.69, 9.17) is 5.11 Å². The Kier molecular flexibility index (Phi) is 4.89. The molecular formula is C14H13F2N3O4. The van der Waals surface area contributed by atoms with Gasteiger partial charge in [-0.25, -0.2) is 4.68 Å². The lowest BCUT2D eigenvalue weighted by Gasteiger charge is -2.13. The smallest absolute Gasteiger partial charge is 0.387 e. The van der Waals surface area contributed by atoms with Crippen molar-refractivity contribution < 1.29 is 28.2 Å². The number of nitrogens with zero attached hydrogens (tertiary/aromatic N) is 2. The number of hydrogen-bond acceptors (Lipinski definition) is 4. The third kappa shape index (κ3) is 4.25. The van der Waals surface area contributed by atoms with Crippen LogP contribution in [0.1, 0.15) is 16.1 Å². The Balaban J connectivity index is 2.24. The third-order valence-electron chi connectivity index (χ3n) is 2.84. The van der Waals surface area contributed by atoms with Gasteiger partial charge in [0.2, 0.25) is 0 Å². The first-order valence-electron chi connectivity index (χ1n) is 6.47. The highest BCUT2D eigenvalue weighted by Crippen LogP contribution is 2.27. The molecule has 0 unspecified atom stereocenters. The van der Waals surface area contributed by atoms with Gasteiger partial charge in [0.15, 0.2) is 0 Å². The molecule has 0 aliphatic rings. The van der Waals surface area contributed by atoms with Gasteiger partial charge in [-0.3, -0.25) is 9.59 Å². The highest BCUT2D eigenvalue weighted by atomic mass is 19.3. The van der Waals surface area contributed by atoms with Crippen molar-refractivity contribution in [3.05, 3.63) is 41.7 Å². The Bertz CT molecular complexity index is 731. The number of aromatic nitrogens is 2. The van der Waals surface area contributed by atoms with E-state index in [9.17, 15) is 18.4 Å². The summed E-state index contributed by atoms with van der Waals surface area (Å²) in [6.45, 7) is -1.85. The summed E-state index contributed by atoms with van der Waals surface area (Å²) in [7, 11) is 0. The van der Waals surface area contributed by atoms with Crippen molar-refractivity contribution in [3.8, 4) is 5.75 Å². The Morgan fingerprint density at radius 2 is 2.13 bits per heavy atom. The monoisotopic (exact) mass is 325 g/mol. The van der Waals surface area contributed by atoms with Crippen LogP contribution in [0.15, 0.2) is 30.5 Å². The Morgan fingerprint density at radius 1 is 1.39 bits per heavy atom. The fourth-order valence-corrected chi connectivity index (χ4v) is 1.89. The van der Waals surface area contributed by atoms with Crippen molar-refractivity contribution >= 4 is 17.6 Å². The van der Waals surface area contributed by atoms with Gasteiger partial charge in [0, 0.05) is 6.20 Å². The molecule has 2 rings (SSSR count). The number of aliphatic carboxylic acids is 1. The molecule has 1 heterocycles. The zero-order valence-electron chi connectivity index (χ0n) is 12.0. The molecule has 0 aliphatic carbocycles. The third-order valence-corrected chi connectivity index (χ3v) is 2.84. The molecule has 9 heteroatoms. The van der Waals surface area contributed by atoms with Crippen LogP contribution in [-0.2, 0) is 11.3 Å². The Morgan fingerprint density at radius 3 is 2.78 bits per heavy atom. The molecular weight excluding hydrogens is 312 g/mol. The maximum atomic E-state index is 12.4. The van der Waals surface area contributed by atoms with E-state index in [0.717, 1.165) is 4.68 Å². The second-order valence-electron chi connectivity index (χ2n) is 4.60. The fraction of sp³-hybridized carbons (Fsp3) is 0.214. The van der Waals surface area contributed by atoms with Gasteiger partial charge in [0.25, 0.3) is 5.91 Å². The lowest BCUT2D eigenvalue weighted by molar-refractivity contribution is -0.137. The fourth-order valence-electron chi connectivity index (χ4n) is 1.89. The number of anilines is 1. The van der Waals surface area contributed by atoms with Crippen LogP contribution in [0.5, 0.6) is 5.75 Å². The lowest BCUT2D eigenvalue weighted by atomic mass is 10.2. The number of aryl methyl sites for hydroxylation is 1. The largest absolute Gasteiger partial charge is 0.480 e. The first-order chi connectivity index (χ1) is 10.9. The minimum absolute atomic E-state index is 0.0176. The van der Waals surface area contributed by atoms with Gasteiger partial charge < -0.3 is 15.2 Å². The number of rotatable bonds is 6. The summed E-state index contributed by atoms with van der Waals surface area (Å²) < 4.78 is 30.2. The number of nitrogens with one attached hydrogen (secondary N) is 1. The summed E-state index contributed by atoms with van der Waals surface area (Å²) in [5.41, 5.74) is 0.703. The molecule has 1 aromatic heterocycles. The molecule has 0 bridgehead atoms. The number of carbonyl (C=O) groups excluding carboxylic acids is 1. The summed E-state index contributed by atoms with van der Waals surface area (Å²) in [6, 6.07) is 5.71. The molecule has 2 N–H and O–H groups in total. The van der Waals surface area contributed by atoms with Gasteiger partial charge in [-0.2, -0.15) is 13.9 Å². The standard InChI is InChI=1S/C14H13F2N3O4/c1-8-2-3-9(11(6-8)23-14(15)16)18-13(22)10-4-5-17-19(10)7-12(20)21/h2-6,14H,7H2,1H3,(H,18,22)(H,20,21). The number of carbonyl (C=O) groups is 2. The molecule has 0 fully saturated rings. The van der Waals surface area contributed by atoms with Crippen LogP contribution in [0.2, 0.25) is 0 Å². The maximum Gasteiger partial charge on any atom is 0.387 e. The number of halogens is 2. The second kappa shape index (κ2) is 6.86. The molecule has 0 saturated carbocycles. The highest BCUT2D eigenvalue weighted by molar-refractivity contribution is 6.04. The van der Waals surface area contributed by atoms with E-state index in [-0.39, 0.29) is 17.1 Å². The van der Waals surface area contributed by atoms with Gasteiger partial charge in [0.05, 0.1) is 5.69 Å². The van der Waals surface area contributed by atoms with E-state index < -0.39 is 25.0 Å². The van der Waals surface area contributed by atoms with Gasteiger partial charge in [-0.15, -0.1) is 0 Å². The van der Waals surface area contributed by atoms with E-state index in [1.807, 2.05) is 0 Å². The maximum absolute atomic E-state index is 12.4. The average molecular weight is 325 g/mol. The number of amides is 1. The molecule has 23 heavy (non-hydrogen) atoms. The van der Waals surface area contributed by atoms with E-state index in [1.165, 1.54) is 24.4 Å². The highest BCUT2D eigenvalue weighted by Gasteiger charge is 2.17. The summed E-state index contributed by atoms with van der Waals surface area (Å²) in [5.74, 6) is -2.04. The summed E-state index contributed by atoms with van der Waals surface area (Å²) >= 11 is 0. The molecule has 2 aromatic rings. The number of carboxylic acid groups (broad SMARTS) is 1. The summed E-state index contributed by atoms with van der Waals surface area (Å²) in [6.07, 6.45) is 1.27. The average Bonchev–Trinajstić information content (AvgIpc) is 2.88. The topological polar surface area (TPSA) is 93.5 Å². The van der Waals surface area contributed by atoms with Crippen molar-refractivity contribution in [2.45, 2.75) is 20.1 Å². The predicted octanol–water partition coefficient (Wildman–Crippen LogP) is 2.13. The van der Waals surface area contributed by atoms with Crippen LogP contribution in [0, 0.1) is 6.92 Å². The van der Waals surface area contributed by atoms with Crippen LogP contribution in [0.3, 0.4) is 0 Å². The van der Waals surface area contributed by atoms with E-state index in [2.05, 4.69) is 15.2 Å². The van der Waals surface area contributed by atoms with Gasteiger partial charge in [0.1, 0.15) is 18.0 Å². The zero-order valence-corrected chi connectivity index (χ0v) is 12.0. The second-order valence-corrected chi connectivity index (χ2v) is 4.60. The number of benzene rings is 1. The van der Waals surface area contributed by atoms with Crippen LogP contribution in [0.25, 0.3) is 0 Å². The molecule has 1 amide bonds. The number of carboxylic acids is 1. The van der Waals surface area contributed by atoms with Crippen molar-refractivity contribution in [2.75, 3.05) is 5.32 Å². The van der Waals surface area contributed by atoms with Crippen LogP contribution in [0.4, 0.5) is 14.5 Å². The SMILES string of the molecule is Cc1ccc(NC(=O)c2ccnn2CC(=O)O)c(OC(F)F)c1. The van der Waals surface area contributed by atoms with Crippen molar-refractivity contribution in [3.63, 3.8) is 0 Å². The van der Waals surface area contributed by atoms with E-state index in [1.54, 1.807) is 13.0 Å². The molecule has 0 radical (unpaired) electrons. The number of ether oxygens (including phenoxy) is 1. The molecule has 0 saturated heterocycles. The van der Waals surface area contributed by atoms with Crippen LogP contribution in [-0.4, -0.2) is 33.4 Å². The molecule has 0 spiro atoms. The van der Waals surface area contributed by atoms with Crippen LogP contribution < -0.4 is 10.1 Å². The van der Waals surface area contributed by atoms with Gasteiger partial charge in [-0.05, 0) is 30.7 Å². The molecule has 0 atom stereocenters. The molecule has 0 aliphatic heterocycles. The number of alkyl halides is 2. The molecule has 7 nitrogen and oxygen atoms in total. The first kappa shape index (κ1) is 16.4. The molecule has 1 aromatic carbocycles. The molecule has 122 valence electrons. The van der Waals surface area contributed by atoms with Gasteiger partial charge >= 0.3 is 12.6 Å². The zero-order chi connectivity index (χ0) is 17.0. The summed E-state index contributed by atoms with van der Waals surface area (Å²) in [5, 5.41) is 14.9. The summed E-state index contributed by atoms with van der Waals surface area (Å²) in [4.78, 5) is 22.9. The predicted molar refractivity (Wildman–Crippen MR) is 75.6 cm³/mol. The first-order valence-corrected chi connectivity index (χ1v) is 6.47. The van der Waals surface area contributed by atoms with E-state index in [0.29, 0.717) is 5.56 Å². The number of hydrogen-bond donors (Lipinski definition) is 2. The van der Waals surface area contributed by atoms with Crippen molar-refractivity contribution in [1.29, 1.82) is 0 Å². The lowest BCUT2D eigenvalue weighted by Crippen LogP contribution is -2.21. The van der Waals surface area contributed by atoms with Crippen molar-refractivity contribution in [1.82, 2.24) is 9.78 Å². The van der Waals surface area contributed by atoms with E-state index >= 15 is 0 Å². The van der Waals surface area contributed by atoms with Gasteiger partial charge in [-0.1, -0.05) is 6.07 Å². The van der Waals surface area contributed by atoms with Crippen LogP contribution >= 0.6 is 0 Å². The minimum atomic E-state index is -3.04. The minimum Gasteiger partial charge on any atom is -0.480 e. The quantitative estimate of drug-likeness (QED) is 0.848. The normalized spacial score (nSPS) is 10.6.